The number of phenolic OH excluding ortho intramolecular Hbond substituents is 3. The minimum absolute atomic E-state index is 0.00553. The quantitative estimate of drug-likeness (QED) is 0.215. The highest BCUT2D eigenvalue weighted by molar-refractivity contribution is 5.79. The summed E-state index contributed by atoms with van der Waals surface area (Å²) >= 11 is 0. The highest BCUT2D eigenvalue weighted by Crippen LogP contribution is 2.25. The third-order valence-electron chi connectivity index (χ3n) is 5.43. The van der Waals surface area contributed by atoms with E-state index < -0.39 is 0 Å². The number of rotatable bonds is 18. The van der Waals surface area contributed by atoms with E-state index in [1.165, 1.54) is 12.1 Å². The number of aryl methyl sites for hydroxylation is 3. The van der Waals surface area contributed by atoms with Crippen molar-refractivity contribution in [2.45, 2.75) is 45.4 Å². The van der Waals surface area contributed by atoms with Gasteiger partial charge in [-0.25, -0.2) is 0 Å². The number of hydrogen-bond donors (Lipinski definition) is 3. The molecule has 0 atom stereocenters. The van der Waals surface area contributed by atoms with Crippen LogP contribution in [0.3, 0.4) is 0 Å². The Labute approximate surface area is 206 Å². The van der Waals surface area contributed by atoms with Crippen molar-refractivity contribution in [1.29, 1.82) is 0 Å². The van der Waals surface area contributed by atoms with Crippen LogP contribution in [0.4, 0.5) is 0 Å². The van der Waals surface area contributed by atoms with E-state index in [1.807, 2.05) is 19.1 Å². The Kier molecular flexibility index (Phi) is 12.8. The van der Waals surface area contributed by atoms with Crippen LogP contribution in [0.15, 0.2) is 36.4 Å². The van der Waals surface area contributed by atoms with Gasteiger partial charge >= 0.3 is 0 Å². The van der Waals surface area contributed by atoms with Gasteiger partial charge < -0.3 is 29.5 Å². The number of hydrogen-bond acceptors (Lipinski definition) is 8. The van der Waals surface area contributed by atoms with E-state index in [1.54, 1.807) is 12.1 Å². The second-order valence-electron chi connectivity index (χ2n) is 8.45. The number of carbonyl (C=O) groups is 2. The van der Waals surface area contributed by atoms with Crippen molar-refractivity contribution in [2.24, 2.45) is 0 Å². The molecule has 2 aromatic rings. The van der Waals surface area contributed by atoms with Crippen molar-refractivity contribution in [1.82, 2.24) is 0 Å². The molecule has 0 aliphatic heterocycles. The van der Waals surface area contributed by atoms with Crippen LogP contribution in [0.25, 0.3) is 0 Å². The molecule has 0 amide bonds. The van der Waals surface area contributed by atoms with Crippen LogP contribution in [-0.4, -0.2) is 66.5 Å². The molecule has 0 saturated heterocycles. The maximum atomic E-state index is 11.9. The van der Waals surface area contributed by atoms with E-state index in [-0.39, 0.29) is 42.0 Å². The van der Waals surface area contributed by atoms with E-state index in [2.05, 4.69) is 0 Å². The summed E-state index contributed by atoms with van der Waals surface area (Å²) in [7, 11) is 0. The first kappa shape index (κ1) is 28.3. The molecular formula is C27H36O8. The molecule has 2 rings (SSSR count). The molecule has 8 nitrogen and oxygen atoms in total. The van der Waals surface area contributed by atoms with Gasteiger partial charge in [0.2, 0.25) is 0 Å². The van der Waals surface area contributed by atoms with E-state index in [0.717, 1.165) is 23.1 Å². The fourth-order valence-electron chi connectivity index (χ4n) is 3.37. The normalized spacial score (nSPS) is 11.0. The average Bonchev–Trinajstić information content (AvgIpc) is 2.82. The zero-order chi connectivity index (χ0) is 25.5. The summed E-state index contributed by atoms with van der Waals surface area (Å²) in [4.78, 5) is 23.7. The minimum Gasteiger partial charge on any atom is -0.508 e. The molecule has 0 bridgehead atoms. The number of carbonyl (C=O) groups excluding carboxylic acids is 2. The highest BCUT2D eigenvalue weighted by atomic mass is 16.5. The smallest absolute Gasteiger partial charge is 0.158 e. The van der Waals surface area contributed by atoms with Crippen LogP contribution in [0.5, 0.6) is 17.2 Å². The number of phenols is 3. The van der Waals surface area contributed by atoms with Gasteiger partial charge in [-0.1, -0.05) is 18.2 Å². The van der Waals surface area contributed by atoms with Gasteiger partial charge in [0, 0.05) is 12.8 Å². The highest BCUT2D eigenvalue weighted by Gasteiger charge is 2.06. The molecule has 35 heavy (non-hydrogen) atoms. The fraction of sp³-hybridized carbons (Fsp3) is 0.481. The van der Waals surface area contributed by atoms with Gasteiger partial charge in [0.05, 0.1) is 26.4 Å². The van der Waals surface area contributed by atoms with Gasteiger partial charge in [0.15, 0.2) is 23.1 Å². The van der Waals surface area contributed by atoms with Crippen molar-refractivity contribution in [3.8, 4) is 17.2 Å². The van der Waals surface area contributed by atoms with Crippen molar-refractivity contribution in [3.05, 3.63) is 53.1 Å². The molecule has 0 fully saturated rings. The zero-order valence-corrected chi connectivity index (χ0v) is 20.3. The van der Waals surface area contributed by atoms with Gasteiger partial charge in [0.25, 0.3) is 0 Å². The summed E-state index contributed by atoms with van der Waals surface area (Å²) in [6, 6.07) is 10.2. The Morgan fingerprint density at radius 2 is 1.14 bits per heavy atom. The second kappa shape index (κ2) is 15.9. The van der Waals surface area contributed by atoms with Crippen molar-refractivity contribution in [3.63, 3.8) is 0 Å². The van der Waals surface area contributed by atoms with E-state index >= 15 is 0 Å². The number of ketones is 2. The Morgan fingerprint density at radius 3 is 1.66 bits per heavy atom. The molecule has 0 aromatic heterocycles. The predicted molar refractivity (Wildman–Crippen MR) is 131 cm³/mol. The van der Waals surface area contributed by atoms with E-state index in [9.17, 15) is 24.9 Å². The van der Waals surface area contributed by atoms with Crippen molar-refractivity contribution >= 4 is 11.6 Å². The number of aromatic hydroxyl groups is 3. The first-order valence-electron chi connectivity index (χ1n) is 11.9. The third-order valence-corrected chi connectivity index (χ3v) is 5.43. The second-order valence-corrected chi connectivity index (χ2v) is 8.45. The summed E-state index contributed by atoms with van der Waals surface area (Å²) in [5, 5.41) is 28.5. The molecule has 8 heteroatoms. The average molecular weight is 489 g/mol. The lowest BCUT2D eigenvalue weighted by molar-refractivity contribution is -0.124. The molecule has 2 aromatic carbocycles. The molecule has 192 valence electrons. The minimum atomic E-state index is -0.161. The van der Waals surface area contributed by atoms with Gasteiger partial charge in [0.1, 0.15) is 19.0 Å². The number of ether oxygens (including phenoxy) is 3. The number of benzene rings is 2. The fourth-order valence-corrected chi connectivity index (χ4v) is 3.37. The lowest BCUT2D eigenvalue weighted by Crippen LogP contribution is -2.15. The molecule has 0 aliphatic rings. The molecule has 3 N–H and O–H groups in total. The number of Topliss-reactive ketones (excluding diaryl/α,β-unsaturated/α-hetero) is 2. The van der Waals surface area contributed by atoms with Gasteiger partial charge in [-0.15, -0.1) is 0 Å². The Bertz CT molecular complexity index is 865. The van der Waals surface area contributed by atoms with E-state index in [4.69, 9.17) is 14.2 Å². The Morgan fingerprint density at radius 1 is 0.657 bits per heavy atom. The summed E-state index contributed by atoms with van der Waals surface area (Å²) in [6.45, 7) is 3.20. The van der Waals surface area contributed by atoms with Gasteiger partial charge in [-0.3, -0.25) is 9.59 Å². The topological polar surface area (TPSA) is 123 Å². The summed E-state index contributed by atoms with van der Waals surface area (Å²) in [6.07, 6.45) is 3.50. The van der Waals surface area contributed by atoms with Crippen LogP contribution in [-0.2, 0) is 36.6 Å². The zero-order valence-electron chi connectivity index (χ0n) is 20.3. The monoisotopic (exact) mass is 488 g/mol. The van der Waals surface area contributed by atoms with Crippen LogP contribution in [0.2, 0.25) is 0 Å². The lowest BCUT2D eigenvalue weighted by Gasteiger charge is -2.07. The van der Waals surface area contributed by atoms with Crippen LogP contribution in [0.1, 0.15) is 42.4 Å². The lowest BCUT2D eigenvalue weighted by atomic mass is 10.0. The van der Waals surface area contributed by atoms with E-state index in [0.29, 0.717) is 58.5 Å². The van der Waals surface area contributed by atoms with Crippen LogP contribution in [0, 0.1) is 6.92 Å². The SMILES string of the molecule is Cc1ccc(CCCC(=O)COCCOCCOCC(=O)CCCc2ccc(O)c(O)c2)cc1O. The molecule has 0 heterocycles. The molecule has 0 unspecified atom stereocenters. The largest absolute Gasteiger partial charge is 0.508 e. The standard InChI is InChI=1S/C27H36O8/c1-20-8-9-21(16-26(20)31)4-2-6-23(28)18-34-14-12-33-13-15-35-19-24(29)7-3-5-22-10-11-25(30)27(32)17-22/h8-11,16-17,30-32H,2-7,12-15,18-19H2,1H3. The molecule has 0 radical (unpaired) electrons. The van der Waals surface area contributed by atoms with Gasteiger partial charge in [-0.05, 0) is 67.5 Å². The van der Waals surface area contributed by atoms with Crippen LogP contribution < -0.4 is 0 Å². The summed E-state index contributed by atoms with van der Waals surface area (Å²) < 4.78 is 16.0. The third kappa shape index (κ3) is 11.8. The molecule has 0 saturated carbocycles. The summed E-state index contributed by atoms with van der Waals surface area (Å²) in [5.41, 5.74) is 2.70. The maximum Gasteiger partial charge on any atom is 0.158 e. The molecule has 0 spiro atoms. The first-order chi connectivity index (χ1) is 16.8. The molecular weight excluding hydrogens is 452 g/mol. The van der Waals surface area contributed by atoms with Gasteiger partial charge in [-0.2, -0.15) is 0 Å². The van der Waals surface area contributed by atoms with Crippen molar-refractivity contribution < 1.29 is 39.1 Å². The molecule has 0 aliphatic carbocycles. The Hall–Kier alpha value is -2.94. The Balaban J connectivity index is 1.38. The van der Waals surface area contributed by atoms with Crippen LogP contribution >= 0.6 is 0 Å². The first-order valence-corrected chi connectivity index (χ1v) is 11.9. The maximum absolute atomic E-state index is 11.9. The summed E-state index contributed by atoms with van der Waals surface area (Å²) in [5.74, 6) is -0.0167. The van der Waals surface area contributed by atoms with Crippen molar-refractivity contribution in [2.75, 3.05) is 39.6 Å². The predicted octanol–water partition coefficient (Wildman–Crippen LogP) is 3.65.